The minimum Gasteiger partial charge on any atom is -0.376 e. The number of nitrogens with zero attached hydrogens (tertiary/aromatic N) is 3. The zero-order valence-electron chi connectivity index (χ0n) is 14.9. The molecule has 1 saturated heterocycles. The summed E-state index contributed by atoms with van der Waals surface area (Å²) >= 11 is 0. The Morgan fingerprint density at radius 1 is 1.24 bits per heavy atom. The largest absolute Gasteiger partial charge is 0.376 e. The zero-order valence-corrected chi connectivity index (χ0v) is 14.9. The highest BCUT2D eigenvalue weighted by Crippen LogP contribution is 2.27. The third-order valence-electron chi connectivity index (χ3n) is 4.96. The monoisotopic (exact) mass is 335 g/mol. The lowest BCUT2D eigenvalue weighted by molar-refractivity contribution is 0.00370. The second-order valence-corrected chi connectivity index (χ2v) is 7.28. The highest BCUT2D eigenvalue weighted by molar-refractivity contribution is 5.42. The number of hydrogen-bond acceptors (Lipinski definition) is 3. The maximum atomic E-state index is 5.78. The van der Waals surface area contributed by atoms with Crippen molar-refractivity contribution >= 4 is 0 Å². The highest BCUT2D eigenvalue weighted by Gasteiger charge is 2.18. The van der Waals surface area contributed by atoms with Crippen molar-refractivity contribution in [2.24, 2.45) is 5.92 Å². The van der Waals surface area contributed by atoms with Crippen molar-refractivity contribution in [3.63, 3.8) is 0 Å². The third-order valence-corrected chi connectivity index (χ3v) is 4.96. The van der Waals surface area contributed by atoms with Gasteiger partial charge in [-0.2, -0.15) is 0 Å². The number of aryl methyl sites for hydroxylation is 1. The number of ether oxygens (including phenoxy) is 1. The Bertz CT molecular complexity index is 789. The van der Waals surface area contributed by atoms with E-state index in [1.54, 1.807) is 0 Å². The molecule has 2 heterocycles. The molecule has 2 aliphatic rings. The number of rotatable bonds is 4. The topological polar surface area (TPSA) is 39.9 Å². The SMILES string of the molecule is Cc1cc(C#CC2CC2)ccc1Cc1cn(CC2CCCCO2)nn1. The first kappa shape index (κ1) is 16.4. The molecule has 2 fully saturated rings. The molecule has 0 bridgehead atoms. The predicted octanol–water partition coefficient (Wildman–Crippen LogP) is 3.51. The van der Waals surface area contributed by atoms with E-state index in [-0.39, 0.29) is 6.10 Å². The smallest absolute Gasteiger partial charge is 0.0870 e. The van der Waals surface area contributed by atoms with Gasteiger partial charge in [-0.15, -0.1) is 5.10 Å². The van der Waals surface area contributed by atoms with E-state index >= 15 is 0 Å². The van der Waals surface area contributed by atoms with Gasteiger partial charge in [0.25, 0.3) is 0 Å². The Balaban J connectivity index is 1.39. The Kier molecular flexibility index (Phi) is 4.85. The van der Waals surface area contributed by atoms with Crippen molar-refractivity contribution in [1.29, 1.82) is 0 Å². The first-order chi connectivity index (χ1) is 12.3. The lowest BCUT2D eigenvalue weighted by Crippen LogP contribution is -2.24. The molecule has 130 valence electrons. The Morgan fingerprint density at radius 2 is 2.16 bits per heavy atom. The molecule has 1 aromatic carbocycles. The van der Waals surface area contributed by atoms with E-state index in [9.17, 15) is 0 Å². The average Bonchev–Trinajstić information content (AvgIpc) is 3.36. The van der Waals surface area contributed by atoms with Crippen LogP contribution in [0.25, 0.3) is 0 Å². The lowest BCUT2D eigenvalue weighted by Gasteiger charge is -2.21. The van der Waals surface area contributed by atoms with Gasteiger partial charge < -0.3 is 4.74 Å². The molecular weight excluding hydrogens is 310 g/mol. The highest BCUT2D eigenvalue weighted by atomic mass is 16.5. The molecule has 1 atom stereocenters. The molecule has 1 aromatic heterocycles. The summed E-state index contributed by atoms with van der Waals surface area (Å²) in [5, 5.41) is 8.61. The van der Waals surface area contributed by atoms with E-state index in [1.165, 1.54) is 36.8 Å². The predicted molar refractivity (Wildman–Crippen MR) is 97.2 cm³/mol. The van der Waals surface area contributed by atoms with Crippen molar-refractivity contribution in [3.8, 4) is 11.8 Å². The summed E-state index contributed by atoms with van der Waals surface area (Å²) in [5.41, 5.74) is 4.69. The lowest BCUT2D eigenvalue weighted by atomic mass is 10.0. The van der Waals surface area contributed by atoms with Crippen molar-refractivity contribution in [2.45, 2.75) is 58.1 Å². The summed E-state index contributed by atoms with van der Waals surface area (Å²) < 4.78 is 7.71. The minimum atomic E-state index is 0.286. The van der Waals surface area contributed by atoms with E-state index < -0.39 is 0 Å². The van der Waals surface area contributed by atoms with Gasteiger partial charge in [0, 0.05) is 30.7 Å². The summed E-state index contributed by atoms with van der Waals surface area (Å²) in [7, 11) is 0. The molecule has 1 aliphatic heterocycles. The van der Waals surface area contributed by atoms with Crippen molar-refractivity contribution in [2.75, 3.05) is 6.61 Å². The second-order valence-electron chi connectivity index (χ2n) is 7.28. The fraction of sp³-hybridized carbons (Fsp3) is 0.524. The number of aromatic nitrogens is 3. The van der Waals surface area contributed by atoms with Crippen molar-refractivity contribution in [3.05, 3.63) is 46.8 Å². The fourth-order valence-electron chi connectivity index (χ4n) is 3.25. The van der Waals surface area contributed by atoms with Crippen LogP contribution in [0.3, 0.4) is 0 Å². The Morgan fingerprint density at radius 3 is 2.92 bits per heavy atom. The summed E-state index contributed by atoms with van der Waals surface area (Å²) in [5.74, 6) is 7.26. The molecule has 4 heteroatoms. The first-order valence-electron chi connectivity index (χ1n) is 9.38. The van der Waals surface area contributed by atoms with E-state index in [1.807, 2.05) is 4.68 Å². The number of hydrogen-bond donors (Lipinski definition) is 0. The van der Waals surface area contributed by atoms with Crippen molar-refractivity contribution in [1.82, 2.24) is 15.0 Å². The van der Waals surface area contributed by atoms with Gasteiger partial charge in [0.15, 0.2) is 0 Å². The van der Waals surface area contributed by atoms with Gasteiger partial charge in [-0.3, -0.25) is 0 Å². The summed E-state index contributed by atoms with van der Waals surface area (Å²) in [6, 6.07) is 6.48. The Labute approximate surface area is 149 Å². The van der Waals surface area contributed by atoms with Gasteiger partial charge in [-0.25, -0.2) is 4.68 Å². The van der Waals surface area contributed by atoms with Gasteiger partial charge in [0.2, 0.25) is 0 Å². The van der Waals surface area contributed by atoms with Gasteiger partial charge in [0.1, 0.15) is 0 Å². The molecular formula is C21H25N3O. The van der Waals surface area contributed by atoms with Crippen molar-refractivity contribution < 1.29 is 4.74 Å². The quantitative estimate of drug-likeness (QED) is 0.803. The maximum absolute atomic E-state index is 5.78. The molecule has 0 spiro atoms. The molecule has 0 amide bonds. The van der Waals surface area contributed by atoms with Crippen LogP contribution in [0.1, 0.15) is 54.5 Å². The van der Waals surface area contributed by atoms with Crippen LogP contribution in [0.2, 0.25) is 0 Å². The van der Waals surface area contributed by atoms with Gasteiger partial charge in [0.05, 0.1) is 18.3 Å². The molecule has 25 heavy (non-hydrogen) atoms. The Hall–Kier alpha value is -2.12. The van der Waals surface area contributed by atoms with E-state index in [2.05, 4.69) is 53.5 Å². The minimum absolute atomic E-state index is 0.286. The van der Waals surface area contributed by atoms with Crippen LogP contribution in [0.15, 0.2) is 24.4 Å². The normalized spacial score (nSPS) is 20.1. The molecule has 0 N–H and O–H groups in total. The summed E-state index contributed by atoms with van der Waals surface area (Å²) in [4.78, 5) is 0. The first-order valence-corrected chi connectivity index (χ1v) is 9.38. The molecule has 4 nitrogen and oxygen atoms in total. The molecule has 2 aromatic rings. The summed E-state index contributed by atoms with van der Waals surface area (Å²) in [6.07, 6.45) is 9.25. The van der Waals surface area contributed by atoms with Gasteiger partial charge in [-0.1, -0.05) is 23.1 Å². The van der Waals surface area contributed by atoms with Gasteiger partial charge >= 0.3 is 0 Å². The van der Waals surface area contributed by atoms with Crippen LogP contribution >= 0.6 is 0 Å². The molecule has 0 radical (unpaired) electrons. The van der Waals surface area contributed by atoms with E-state index in [0.29, 0.717) is 5.92 Å². The summed E-state index contributed by atoms with van der Waals surface area (Å²) in [6.45, 7) is 3.83. The average molecular weight is 335 g/mol. The van der Waals surface area contributed by atoms with E-state index in [0.717, 1.165) is 37.3 Å². The zero-order chi connectivity index (χ0) is 17.1. The molecule has 1 unspecified atom stereocenters. The maximum Gasteiger partial charge on any atom is 0.0870 e. The van der Waals surface area contributed by atoms with Crippen LogP contribution in [-0.4, -0.2) is 27.7 Å². The second kappa shape index (κ2) is 7.41. The van der Waals surface area contributed by atoms with Crippen LogP contribution in [0.4, 0.5) is 0 Å². The molecule has 1 saturated carbocycles. The van der Waals surface area contributed by atoms with Gasteiger partial charge in [-0.05, 0) is 62.3 Å². The van der Waals surface area contributed by atoms with Crippen LogP contribution < -0.4 is 0 Å². The number of benzene rings is 1. The molecule has 1 aliphatic carbocycles. The fourth-order valence-corrected chi connectivity index (χ4v) is 3.25. The van der Waals surface area contributed by atoms with Crippen LogP contribution in [0.5, 0.6) is 0 Å². The molecule has 4 rings (SSSR count). The van der Waals surface area contributed by atoms with Crippen LogP contribution in [-0.2, 0) is 17.7 Å². The standard InChI is InChI=1S/C21H25N3O/c1-16-12-18(8-7-17-5-6-17)9-10-19(16)13-20-14-24(23-22-20)15-21-4-2-3-11-25-21/h9-10,12,14,17,21H,2-6,11,13,15H2,1H3. The van der Waals surface area contributed by atoms with Crippen LogP contribution in [0, 0.1) is 24.7 Å². The third kappa shape index (κ3) is 4.49. The van der Waals surface area contributed by atoms with E-state index in [4.69, 9.17) is 4.74 Å².